The molecule has 0 aromatic rings. The molecule has 0 spiro atoms. The number of amides is 1. The van der Waals surface area contributed by atoms with Crippen molar-refractivity contribution in [1.82, 2.24) is 10.6 Å². The van der Waals surface area contributed by atoms with E-state index in [1.807, 2.05) is 6.92 Å². The van der Waals surface area contributed by atoms with Gasteiger partial charge < -0.3 is 10.6 Å². The van der Waals surface area contributed by atoms with Crippen molar-refractivity contribution in [2.75, 3.05) is 6.54 Å². The van der Waals surface area contributed by atoms with Gasteiger partial charge in [-0.3, -0.25) is 4.79 Å². The highest BCUT2D eigenvalue weighted by Crippen LogP contribution is 2.30. The number of rotatable bonds is 8. The van der Waals surface area contributed by atoms with Crippen molar-refractivity contribution >= 4 is 5.91 Å². The van der Waals surface area contributed by atoms with Crippen molar-refractivity contribution in [3.05, 3.63) is 0 Å². The number of carbonyl (C=O) groups excluding carboxylic acids is 1. The number of hydrogen-bond acceptors (Lipinski definition) is 2. The fraction of sp³-hybridized carbons (Fsp3) is 0.929. The Bertz CT molecular complexity index is 226. The fourth-order valence-corrected chi connectivity index (χ4v) is 2.19. The minimum Gasteiger partial charge on any atom is -0.354 e. The predicted molar refractivity (Wildman–Crippen MR) is 71.9 cm³/mol. The van der Waals surface area contributed by atoms with Gasteiger partial charge in [0.05, 0.1) is 0 Å². The Morgan fingerprint density at radius 3 is 2.53 bits per heavy atom. The van der Waals surface area contributed by atoms with Crippen LogP contribution in [0.3, 0.4) is 0 Å². The van der Waals surface area contributed by atoms with Crippen molar-refractivity contribution in [3.63, 3.8) is 0 Å². The van der Waals surface area contributed by atoms with E-state index in [9.17, 15) is 4.79 Å². The molecule has 1 amide bonds. The molecule has 3 nitrogen and oxygen atoms in total. The summed E-state index contributed by atoms with van der Waals surface area (Å²) in [6, 6.07) is 0.853. The van der Waals surface area contributed by atoms with Crippen LogP contribution in [0.15, 0.2) is 0 Å². The van der Waals surface area contributed by atoms with Gasteiger partial charge in [-0.15, -0.1) is 0 Å². The molecule has 1 rings (SSSR count). The monoisotopic (exact) mass is 240 g/mol. The van der Waals surface area contributed by atoms with Crippen LogP contribution in [0, 0.1) is 5.92 Å². The van der Waals surface area contributed by atoms with Gasteiger partial charge in [0.25, 0.3) is 0 Å². The molecule has 0 aromatic carbocycles. The van der Waals surface area contributed by atoms with Gasteiger partial charge in [-0.05, 0) is 32.6 Å². The lowest BCUT2D eigenvalue weighted by Crippen LogP contribution is -2.36. The molecule has 1 aliphatic carbocycles. The highest BCUT2D eigenvalue weighted by molar-refractivity contribution is 5.76. The highest BCUT2D eigenvalue weighted by atomic mass is 16.1. The summed E-state index contributed by atoms with van der Waals surface area (Å²) in [4.78, 5) is 11.5. The van der Waals surface area contributed by atoms with Gasteiger partial charge in [-0.1, -0.05) is 26.2 Å². The molecule has 2 N–H and O–H groups in total. The average molecular weight is 240 g/mol. The van der Waals surface area contributed by atoms with Crippen LogP contribution in [0.4, 0.5) is 0 Å². The van der Waals surface area contributed by atoms with Crippen molar-refractivity contribution in [2.45, 2.75) is 71.4 Å². The Hall–Kier alpha value is -0.570. The lowest BCUT2D eigenvalue weighted by Gasteiger charge is -2.28. The summed E-state index contributed by atoms with van der Waals surface area (Å²) < 4.78 is 0. The smallest absolute Gasteiger partial charge is 0.221 e. The fourth-order valence-electron chi connectivity index (χ4n) is 2.19. The predicted octanol–water partition coefficient (Wildman–Crippen LogP) is 2.46. The second-order valence-corrected chi connectivity index (χ2v) is 5.51. The molecule has 0 aromatic heterocycles. The van der Waals surface area contributed by atoms with Crippen LogP contribution in [0.5, 0.6) is 0 Å². The number of hydrogen-bond donors (Lipinski definition) is 2. The maximum Gasteiger partial charge on any atom is 0.221 e. The van der Waals surface area contributed by atoms with E-state index in [1.165, 1.54) is 25.7 Å². The topological polar surface area (TPSA) is 41.1 Å². The molecule has 3 heteroatoms. The van der Waals surface area contributed by atoms with Gasteiger partial charge in [0, 0.05) is 25.0 Å². The van der Waals surface area contributed by atoms with Crippen molar-refractivity contribution < 1.29 is 4.79 Å². The van der Waals surface area contributed by atoms with Crippen LogP contribution in [0.2, 0.25) is 0 Å². The third kappa shape index (κ3) is 6.06. The van der Waals surface area contributed by atoms with Gasteiger partial charge >= 0.3 is 0 Å². The van der Waals surface area contributed by atoms with E-state index >= 15 is 0 Å². The first kappa shape index (κ1) is 14.5. The molecule has 0 radical (unpaired) electrons. The Balaban J connectivity index is 1.99. The lowest BCUT2D eigenvalue weighted by molar-refractivity contribution is -0.121. The Morgan fingerprint density at radius 2 is 2.00 bits per heavy atom. The van der Waals surface area contributed by atoms with Gasteiger partial charge in [0.2, 0.25) is 5.91 Å². The first-order valence-electron chi connectivity index (χ1n) is 7.14. The molecule has 2 unspecified atom stereocenters. The molecular formula is C14H28N2O. The van der Waals surface area contributed by atoms with E-state index in [0.29, 0.717) is 18.5 Å². The normalized spacial score (nSPS) is 19.5. The molecule has 17 heavy (non-hydrogen) atoms. The largest absolute Gasteiger partial charge is 0.354 e. The zero-order valence-corrected chi connectivity index (χ0v) is 11.6. The van der Waals surface area contributed by atoms with Crippen molar-refractivity contribution in [1.29, 1.82) is 0 Å². The maximum absolute atomic E-state index is 11.5. The standard InChI is InChI=1S/C14H28N2O/c1-4-11(2)16-14(17)8-9-15-12(3)10-13-6-5-7-13/h11-13,15H,4-10H2,1-3H3,(H,16,17). The third-order valence-corrected chi connectivity index (χ3v) is 3.78. The van der Waals surface area contributed by atoms with E-state index in [1.54, 1.807) is 0 Å². The maximum atomic E-state index is 11.5. The minimum atomic E-state index is 0.169. The third-order valence-electron chi connectivity index (χ3n) is 3.78. The molecule has 100 valence electrons. The van der Waals surface area contributed by atoms with Crippen LogP contribution in [-0.4, -0.2) is 24.5 Å². The van der Waals surface area contributed by atoms with E-state index in [0.717, 1.165) is 18.9 Å². The van der Waals surface area contributed by atoms with Crippen LogP contribution in [0.25, 0.3) is 0 Å². The first-order chi connectivity index (χ1) is 8.11. The molecule has 0 bridgehead atoms. The highest BCUT2D eigenvalue weighted by Gasteiger charge is 2.19. The van der Waals surface area contributed by atoms with Crippen LogP contribution < -0.4 is 10.6 Å². The molecule has 1 fully saturated rings. The second-order valence-electron chi connectivity index (χ2n) is 5.51. The van der Waals surface area contributed by atoms with Gasteiger partial charge in [0.15, 0.2) is 0 Å². The van der Waals surface area contributed by atoms with Crippen LogP contribution in [0.1, 0.15) is 59.3 Å². The zero-order valence-electron chi connectivity index (χ0n) is 11.6. The van der Waals surface area contributed by atoms with Crippen molar-refractivity contribution in [3.8, 4) is 0 Å². The molecule has 1 saturated carbocycles. The Labute approximate surface area is 106 Å². The first-order valence-corrected chi connectivity index (χ1v) is 7.14. The second kappa shape index (κ2) is 7.70. The van der Waals surface area contributed by atoms with Crippen LogP contribution >= 0.6 is 0 Å². The summed E-state index contributed by atoms with van der Waals surface area (Å²) in [5.41, 5.74) is 0. The van der Waals surface area contributed by atoms with Crippen molar-refractivity contribution in [2.24, 2.45) is 5.92 Å². The van der Waals surface area contributed by atoms with E-state index in [-0.39, 0.29) is 5.91 Å². The average Bonchev–Trinajstić information content (AvgIpc) is 2.23. The van der Waals surface area contributed by atoms with Gasteiger partial charge in [-0.2, -0.15) is 0 Å². The summed E-state index contributed by atoms with van der Waals surface area (Å²) in [6.45, 7) is 7.16. The Morgan fingerprint density at radius 1 is 1.29 bits per heavy atom. The summed E-state index contributed by atoms with van der Waals surface area (Å²) in [6.07, 6.45) is 7.08. The molecular weight excluding hydrogens is 212 g/mol. The number of carbonyl (C=O) groups is 1. The van der Waals surface area contributed by atoms with Crippen LogP contribution in [-0.2, 0) is 4.79 Å². The van der Waals surface area contributed by atoms with E-state index < -0.39 is 0 Å². The lowest BCUT2D eigenvalue weighted by atomic mass is 9.81. The molecule has 0 aliphatic heterocycles. The molecule has 0 saturated heterocycles. The molecule has 1 aliphatic rings. The minimum absolute atomic E-state index is 0.169. The number of nitrogens with one attached hydrogen (secondary N) is 2. The molecule has 0 heterocycles. The quantitative estimate of drug-likeness (QED) is 0.684. The van der Waals surface area contributed by atoms with E-state index in [4.69, 9.17) is 0 Å². The summed E-state index contributed by atoms with van der Waals surface area (Å²) >= 11 is 0. The van der Waals surface area contributed by atoms with Gasteiger partial charge in [0.1, 0.15) is 0 Å². The van der Waals surface area contributed by atoms with E-state index in [2.05, 4.69) is 24.5 Å². The summed E-state index contributed by atoms with van der Waals surface area (Å²) in [5, 5.41) is 6.43. The summed E-state index contributed by atoms with van der Waals surface area (Å²) in [7, 11) is 0. The SMILES string of the molecule is CCC(C)NC(=O)CCNC(C)CC1CCC1. The zero-order chi connectivity index (χ0) is 12.7. The Kier molecular flexibility index (Phi) is 6.56. The summed E-state index contributed by atoms with van der Waals surface area (Å²) in [5.74, 6) is 1.11. The molecule has 2 atom stereocenters. The van der Waals surface area contributed by atoms with Gasteiger partial charge in [-0.25, -0.2) is 0 Å².